The van der Waals surface area contributed by atoms with Gasteiger partial charge in [0.2, 0.25) is 31.5 Å². The van der Waals surface area contributed by atoms with Gasteiger partial charge in [0.05, 0.1) is 81.9 Å². The molecule has 11 aromatic rings. The van der Waals surface area contributed by atoms with Crippen molar-refractivity contribution in [2.75, 3.05) is 60.0 Å². The number of rotatable bonds is 38. The standard InChI is InChI=1S/C28H38O3.C28H32O3.C26H34O3.C22H28O3.C21H26O3/c2*1-3-21(2)23-13-15-24(16-14-23)31-28(30-19-17-22-9-5-4-6-10-22)26-18-20-29-27-12-8-7-11-25(26)27;1-3-19(2)20-13-15-22(16-14-20)29-26(28-21-9-5-4-6-10-21)24-17-18-27-25-12-8-7-11-23(24)25;1-4-16(3)17-10-12-18(13-11-17)25-22(23-5-2)20-14-15-24-21-9-7-6-8-19(20)21;1-4-15(2)16-9-11-17(12-10-16)24-21(22-3)19-13-14-23-20-8-6-5-7-18(19)20/h7-8,11-16,21-22,26,28H,3-6,9-10,17-20H2,1-2H3;4-16,21,26,28H,3,17-20H2,1-2H3;7-8,11-16,19,21,24,26H,3-6,9-10,17-18H2,1-2H3;6-13,16,20,22H,4-5,14-15H2,1-3H3;5-12,15,19,21H,4,13-14H2,1-3H3. The van der Waals surface area contributed by atoms with Crippen LogP contribution in [0.3, 0.4) is 0 Å². The molecule has 0 spiro atoms. The molecule has 2 aliphatic carbocycles. The average Bonchev–Trinajstić information content (AvgIpc) is 0.817. The van der Waals surface area contributed by atoms with Gasteiger partial charge >= 0.3 is 0 Å². The van der Waals surface area contributed by atoms with Crippen LogP contribution in [0.1, 0.15) is 331 Å². The van der Waals surface area contributed by atoms with E-state index in [-0.39, 0.29) is 61.0 Å². The fraction of sp³-hybridized carbons (Fsp3) is 0.472. The van der Waals surface area contributed by atoms with Crippen molar-refractivity contribution in [3.8, 4) is 57.5 Å². The van der Waals surface area contributed by atoms with E-state index in [1.807, 2.05) is 85.8 Å². The smallest absolute Gasteiger partial charge is 0.207 e. The predicted molar refractivity (Wildman–Crippen MR) is 564 cm³/mol. The quantitative estimate of drug-likeness (QED) is 0.0339. The molecule has 0 bridgehead atoms. The largest absolute Gasteiger partial charge is 0.493 e. The Morgan fingerprint density at radius 2 is 0.529 bits per heavy atom. The first kappa shape index (κ1) is 105. The molecule has 2 fully saturated rings. The van der Waals surface area contributed by atoms with Gasteiger partial charge in [-0.25, -0.2) is 0 Å². The monoisotopic (exact) mass is 1900 g/mol. The Hall–Kier alpha value is -10.8. The molecular weight excluding hydrogens is 1740 g/mol. The molecular formula is C125H158O15. The summed E-state index contributed by atoms with van der Waals surface area (Å²) < 4.78 is 92.1. The van der Waals surface area contributed by atoms with Crippen LogP contribution in [0.2, 0.25) is 0 Å². The first-order valence-corrected chi connectivity index (χ1v) is 53.2. The van der Waals surface area contributed by atoms with Gasteiger partial charge in [-0.15, -0.1) is 0 Å². The number of fused-ring (bicyclic) bond motifs is 5. The molecule has 7 aliphatic rings. The van der Waals surface area contributed by atoms with Gasteiger partial charge in [0.15, 0.2) is 0 Å². The molecule has 11 aromatic carbocycles. The maximum absolute atomic E-state index is 6.61. The summed E-state index contributed by atoms with van der Waals surface area (Å²) in [6.07, 6.45) is 23.9. The maximum atomic E-state index is 6.61. The van der Waals surface area contributed by atoms with Crippen LogP contribution in [0.4, 0.5) is 0 Å². The fourth-order valence-electron chi connectivity index (χ4n) is 20.0. The molecule has 5 aliphatic heterocycles. The highest BCUT2D eigenvalue weighted by atomic mass is 16.7. The van der Waals surface area contributed by atoms with E-state index < -0.39 is 0 Å². The Morgan fingerprint density at radius 1 is 0.264 bits per heavy atom. The van der Waals surface area contributed by atoms with Crippen LogP contribution in [0, 0.1) is 5.92 Å². The summed E-state index contributed by atoms with van der Waals surface area (Å²) in [5.41, 5.74) is 13.9. The molecule has 5 heterocycles. The van der Waals surface area contributed by atoms with Crippen LogP contribution in [0.5, 0.6) is 57.5 Å². The fourth-order valence-corrected chi connectivity index (χ4v) is 20.0. The van der Waals surface area contributed by atoms with Crippen molar-refractivity contribution in [3.63, 3.8) is 0 Å². The van der Waals surface area contributed by atoms with Crippen molar-refractivity contribution in [1.29, 1.82) is 0 Å². The van der Waals surface area contributed by atoms with Crippen LogP contribution < -0.4 is 47.4 Å². The molecule has 140 heavy (non-hydrogen) atoms. The molecule has 0 aromatic heterocycles. The lowest BCUT2D eigenvalue weighted by Gasteiger charge is -2.35. The maximum Gasteiger partial charge on any atom is 0.207 e. The Labute approximate surface area is 837 Å². The topological polar surface area (TPSA) is 138 Å². The van der Waals surface area contributed by atoms with Gasteiger partial charge in [-0.1, -0.05) is 303 Å². The Morgan fingerprint density at radius 3 is 0.836 bits per heavy atom. The van der Waals surface area contributed by atoms with E-state index in [1.54, 1.807) is 7.11 Å². The van der Waals surface area contributed by atoms with Crippen LogP contribution >= 0.6 is 0 Å². The summed E-state index contributed by atoms with van der Waals surface area (Å²) in [5.74, 6) is 13.6. The van der Waals surface area contributed by atoms with Crippen molar-refractivity contribution in [3.05, 3.63) is 334 Å². The van der Waals surface area contributed by atoms with Gasteiger partial charge in [-0.2, -0.15) is 0 Å². The second kappa shape index (κ2) is 55.6. The second-order valence-corrected chi connectivity index (χ2v) is 39.1. The van der Waals surface area contributed by atoms with Gasteiger partial charge in [0.1, 0.15) is 57.5 Å². The first-order valence-electron chi connectivity index (χ1n) is 53.2. The van der Waals surface area contributed by atoms with E-state index >= 15 is 0 Å². The van der Waals surface area contributed by atoms with Crippen molar-refractivity contribution in [1.82, 2.24) is 0 Å². The lowest BCUT2D eigenvalue weighted by molar-refractivity contribution is -0.144. The van der Waals surface area contributed by atoms with Gasteiger partial charge in [-0.05, 0) is 257 Å². The molecule has 0 amide bonds. The van der Waals surface area contributed by atoms with Gasteiger partial charge in [-0.3, -0.25) is 0 Å². The molecule has 15 atom stereocenters. The van der Waals surface area contributed by atoms with E-state index in [4.69, 9.17) is 71.1 Å². The molecule has 0 radical (unpaired) electrons. The summed E-state index contributed by atoms with van der Waals surface area (Å²) in [4.78, 5) is 0. The molecule has 15 nitrogen and oxygen atoms in total. The number of hydrogen-bond acceptors (Lipinski definition) is 15. The summed E-state index contributed by atoms with van der Waals surface area (Å²) in [6.45, 7) is 29.9. The average molecular weight is 1900 g/mol. The minimum Gasteiger partial charge on any atom is -0.493 e. The summed E-state index contributed by atoms with van der Waals surface area (Å²) in [5, 5.41) is 0. The zero-order valence-corrected chi connectivity index (χ0v) is 85.6. The number of benzene rings is 11. The SMILES string of the molecule is CCC(C)c1ccc(OC(OC)C2CCOc3ccccc32)cc1.CCC(C)c1ccc(OC(OC2CCCCC2)C2CCOc3ccccc32)cc1.CCC(C)c1ccc(OC(OCCC2CCCCC2)C2CCOc3ccccc32)cc1.CCC(C)c1ccc(OC(OCCc2ccccc2)C2CCOc3ccccc32)cc1.CCOC(Oc1ccc(C(C)CC)cc1)C1CCOc2ccccc21. The number of para-hydroxylation sites is 5. The van der Waals surface area contributed by atoms with E-state index in [2.05, 4.69) is 263 Å². The highest BCUT2D eigenvalue weighted by molar-refractivity contribution is 5.45. The first-order chi connectivity index (χ1) is 68.7. The zero-order valence-electron chi connectivity index (χ0n) is 85.6. The van der Waals surface area contributed by atoms with Crippen LogP contribution in [-0.4, -0.2) is 97.5 Å². The van der Waals surface area contributed by atoms with Crippen molar-refractivity contribution in [2.45, 2.75) is 314 Å². The van der Waals surface area contributed by atoms with Crippen molar-refractivity contribution >= 4 is 0 Å². The third-order valence-electron chi connectivity index (χ3n) is 29.7. The van der Waals surface area contributed by atoms with Gasteiger partial charge < -0.3 is 71.1 Å². The summed E-state index contributed by atoms with van der Waals surface area (Å²) in [6, 6.07) is 94.1. The summed E-state index contributed by atoms with van der Waals surface area (Å²) in [7, 11) is 1.70. The van der Waals surface area contributed by atoms with Gasteiger partial charge in [0.25, 0.3) is 0 Å². The van der Waals surface area contributed by atoms with Crippen LogP contribution in [-0.2, 0) is 30.1 Å². The number of methoxy groups -OCH3 is 1. The van der Waals surface area contributed by atoms with Crippen molar-refractivity contribution in [2.24, 2.45) is 5.92 Å². The molecule has 748 valence electrons. The molecule has 15 heteroatoms. The predicted octanol–water partition coefficient (Wildman–Crippen LogP) is 31.6. The van der Waals surface area contributed by atoms with Crippen molar-refractivity contribution < 1.29 is 71.1 Å². The van der Waals surface area contributed by atoms with E-state index in [9.17, 15) is 0 Å². The van der Waals surface area contributed by atoms with Crippen LogP contribution in [0.25, 0.3) is 0 Å². The lowest BCUT2D eigenvalue weighted by Crippen LogP contribution is -2.36. The third-order valence-corrected chi connectivity index (χ3v) is 29.7. The Balaban J connectivity index is 0.000000140. The second-order valence-electron chi connectivity index (χ2n) is 39.1. The lowest BCUT2D eigenvalue weighted by atomic mass is 9.87. The zero-order chi connectivity index (χ0) is 97.6. The molecule has 0 saturated heterocycles. The third kappa shape index (κ3) is 30.2. The number of ether oxygens (including phenoxy) is 15. The van der Waals surface area contributed by atoms with E-state index in [1.165, 1.54) is 101 Å². The molecule has 18 rings (SSSR count). The Kier molecular flexibility index (Phi) is 41.7. The minimum atomic E-state index is -0.358. The van der Waals surface area contributed by atoms with Crippen LogP contribution in [0.15, 0.2) is 273 Å². The van der Waals surface area contributed by atoms with E-state index in [0.717, 1.165) is 171 Å². The summed E-state index contributed by atoms with van der Waals surface area (Å²) >= 11 is 0. The molecule has 2 saturated carbocycles. The van der Waals surface area contributed by atoms with E-state index in [0.29, 0.717) is 81.9 Å². The highest BCUT2D eigenvalue weighted by Crippen LogP contribution is 2.46. The van der Waals surface area contributed by atoms with Gasteiger partial charge in [0, 0.05) is 41.5 Å². The number of hydrogen-bond donors (Lipinski definition) is 0. The molecule has 0 N–H and O–H groups in total. The highest BCUT2D eigenvalue weighted by Gasteiger charge is 2.38. The molecule has 15 unspecified atom stereocenters. The Bertz CT molecular complexity index is 5350. The minimum absolute atomic E-state index is 0.134. The normalized spacial score (nSPS) is 19.6.